The summed E-state index contributed by atoms with van der Waals surface area (Å²) in [6, 6.07) is -0.0297. The Labute approximate surface area is 125 Å². The van der Waals surface area contributed by atoms with Crippen LogP contribution in [0.2, 0.25) is 0 Å². The Kier molecular flexibility index (Phi) is 4.70. The molecule has 0 spiro atoms. The van der Waals surface area contributed by atoms with Crippen molar-refractivity contribution in [2.45, 2.75) is 57.9 Å². The van der Waals surface area contributed by atoms with Crippen molar-refractivity contribution in [1.82, 2.24) is 14.9 Å². The van der Waals surface area contributed by atoms with Gasteiger partial charge in [0.15, 0.2) is 9.84 Å². The molecule has 2 atom stereocenters. The molecule has 1 aliphatic rings. The van der Waals surface area contributed by atoms with E-state index in [-0.39, 0.29) is 11.8 Å². The first-order valence-corrected chi connectivity index (χ1v) is 9.09. The van der Waals surface area contributed by atoms with Crippen molar-refractivity contribution in [3.05, 3.63) is 17.7 Å². The molecule has 0 radical (unpaired) electrons. The lowest BCUT2D eigenvalue weighted by Gasteiger charge is -2.26. The highest BCUT2D eigenvalue weighted by molar-refractivity contribution is 7.92. The van der Waals surface area contributed by atoms with Crippen LogP contribution in [0.25, 0.3) is 0 Å². The van der Waals surface area contributed by atoms with Gasteiger partial charge in [0.05, 0.1) is 11.4 Å². The fourth-order valence-electron chi connectivity index (χ4n) is 2.65. The number of carbonyl (C=O) groups is 1. The third-order valence-corrected chi connectivity index (χ3v) is 6.12. The van der Waals surface area contributed by atoms with Crippen LogP contribution in [-0.2, 0) is 27.6 Å². The van der Waals surface area contributed by atoms with Crippen LogP contribution in [-0.4, -0.2) is 40.9 Å². The molecule has 0 bridgehead atoms. The molecule has 21 heavy (non-hydrogen) atoms. The molecule has 6 nitrogen and oxygen atoms in total. The standard InChI is InChI=1S/C14H23N3O3S/c1-4-7-21(19,20)11(3)14(18)16-12-5-6-13-15-10(2)8-17(13)9-12/h8,11-12H,4-7,9H2,1-3H3,(H,16,18)/t11-,12-/m0/s1. The van der Waals surface area contributed by atoms with Gasteiger partial charge in [0.1, 0.15) is 11.1 Å². The minimum Gasteiger partial charge on any atom is -0.350 e. The van der Waals surface area contributed by atoms with E-state index in [0.717, 1.165) is 24.4 Å². The van der Waals surface area contributed by atoms with E-state index in [2.05, 4.69) is 10.3 Å². The number of hydrogen-bond acceptors (Lipinski definition) is 4. The fourth-order valence-corrected chi connectivity index (χ4v) is 3.96. The van der Waals surface area contributed by atoms with Crippen molar-refractivity contribution >= 4 is 15.7 Å². The van der Waals surface area contributed by atoms with Gasteiger partial charge >= 0.3 is 0 Å². The second kappa shape index (κ2) is 6.17. The van der Waals surface area contributed by atoms with Crippen molar-refractivity contribution in [3.63, 3.8) is 0 Å². The zero-order valence-electron chi connectivity index (χ0n) is 12.8. The van der Waals surface area contributed by atoms with Crippen molar-refractivity contribution < 1.29 is 13.2 Å². The summed E-state index contributed by atoms with van der Waals surface area (Å²) in [5, 5.41) is 1.88. The minimum absolute atomic E-state index is 0.0297. The number of hydrogen-bond donors (Lipinski definition) is 1. The minimum atomic E-state index is -3.35. The summed E-state index contributed by atoms with van der Waals surface area (Å²) in [5.41, 5.74) is 0.968. The first kappa shape index (κ1) is 16.0. The predicted octanol–water partition coefficient (Wildman–Crippen LogP) is 0.836. The number of carbonyl (C=O) groups excluding carboxylic acids is 1. The van der Waals surface area contributed by atoms with Crippen LogP contribution in [0.3, 0.4) is 0 Å². The first-order valence-electron chi connectivity index (χ1n) is 7.38. The number of amides is 1. The third-order valence-electron chi connectivity index (χ3n) is 3.86. The van der Waals surface area contributed by atoms with Crippen LogP contribution in [0.4, 0.5) is 0 Å². The maximum Gasteiger partial charge on any atom is 0.238 e. The molecule has 0 saturated heterocycles. The van der Waals surface area contributed by atoms with Crippen LogP contribution in [0.5, 0.6) is 0 Å². The monoisotopic (exact) mass is 313 g/mol. The van der Waals surface area contributed by atoms with Crippen LogP contribution >= 0.6 is 0 Å². The molecule has 0 fully saturated rings. The van der Waals surface area contributed by atoms with E-state index < -0.39 is 21.0 Å². The maximum absolute atomic E-state index is 12.1. The smallest absolute Gasteiger partial charge is 0.238 e. The number of aryl methyl sites for hydroxylation is 2. The average Bonchev–Trinajstić information content (AvgIpc) is 2.77. The van der Waals surface area contributed by atoms with E-state index in [4.69, 9.17) is 0 Å². The van der Waals surface area contributed by atoms with Gasteiger partial charge in [-0.2, -0.15) is 0 Å². The SMILES string of the molecule is CCCS(=O)(=O)[C@@H](C)C(=O)N[C@H]1CCc2nc(C)cn2C1. The number of rotatable bonds is 5. The number of sulfone groups is 1. The molecule has 1 aromatic rings. The first-order chi connectivity index (χ1) is 9.83. The Morgan fingerprint density at radius 2 is 2.29 bits per heavy atom. The largest absolute Gasteiger partial charge is 0.350 e. The van der Waals surface area contributed by atoms with Crippen LogP contribution in [0.15, 0.2) is 6.20 Å². The lowest BCUT2D eigenvalue weighted by molar-refractivity contribution is -0.121. The number of aromatic nitrogens is 2. The van der Waals surface area contributed by atoms with E-state index in [1.54, 1.807) is 6.92 Å². The highest BCUT2D eigenvalue weighted by Crippen LogP contribution is 2.15. The normalized spacial score (nSPS) is 19.9. The maximum atomic E-state index is 12.1. The fraction of sp³-hybridized carbons (Fsp3) is 0.714. The molecule has 1 amide bonds. The number of fused-ring (bicyclic) bond motifs is 1. The summed E-state index contributed by atoms with van der Waals surface area (Å²) in [4.78, 5) is 16.6. The summed E-state index contributed by atoms with van der Waals surface area (Å²) in [6.45, 7) is 5.86. The lowest BCUT2D eigenvalue weighted by Crippen LogP contribution is -2.47. The third kappa shape index (κ3) is 3.64. The quantitative estimate of drug-likeness (QED) is 0.873. The van der Waals surface area contributed by atoms with Gasteiger partial charge in [-0.1, -0.05) is 6.92 Å². The highest BCUT2D eigenvalue weighted by atomic mass is 32.2. The van der Waals surface area contributed by atoms with Crippen molar-refractivity contribution in [2.75, 3.05) is 5.75 Å². The van der Waals surface area contributed by atoms with Gasteiger partial charge < -0.3 is 9.88 Å². The zero-order valence-corrected chi connectivity index (χ0v) is 13.6. The summed E-state index contributed by atoms with van der Waals surface area (Å²) in [5.74, 6) is 0.690. The van der Waals surface area contributed by atoms with E-state index in [1.165, 1.54) is 6.92 Å². The summed E-state index contributed by atoms with van der Waals surface area (Å²) in [6.07, 6.45) is 4.09. The second-order valence-corrected chi connectivity index (χ2v) is 8.15. The van der Waals surface area contributed by atoms with Gasteiger partial charge in [0.25, 0.3) is 0 Å². The molecule has 118 valence electrons. The zero-order chi connectivity index (χ0) is 15.6. The molecule has 0 unspecified atom stereocenters. The lowest BCUT2D eigenvalue weighted by atomic mass is 10.1. The van der Waals surface area contributed by atoms with Crippen LogP contribution in [0.1, 0.15) is 38.2 Å². The summed E-state index contributed by atoms with van der Waals surface area (Å²) in [7, 11) is -3.35. The molecule has 1 aliphatic heterocycles. The number of nitrogens with one attached hydrogen (secondary N) is 1. The molecule has 7 heteroatoms. The Morgan fingerprint density at radius 3 is 2.95 bits per heavy atom. The van der Waals surface area contributed by atoms with Gasteiger partial charge in [0, 0.05) is 25.2 Å². The highest BCUT2D eigenvalue weighted by Gasteiger charge is 2.29. The Bertz CT molecular complexity index is 621. The Hall–Kier alpha value is -1.37. The van der Waals surface area contributed by atoms with Gasteiger partial charge in [-0.15, -0.1) is 0 Å². The van der Waals surface area contributed by atoms with Crippen molar-refractivity contribution in [2.24, 2.45) is 0 Å². The Balaban J connectivity index is 1.98. The summed E-state index contributed by atoms with van der Waals surface area (Å²) >= 11 is 0. The molecule has 0 aliphatic carbocycles. The molecular formula is C14H23N3O3S. The molecule has 0 saturated carbocycles. The van der Waals surface area contributed by atoms with Gasteiger partial charge in [0.2, 0.25) is 5.91 Å². The van der Waals surface area contributed by atoms with Crippen molar-refractivity contribution in [1.29, 1.82) is 0 Å². The topological polar surface area (TPSA) is 81.1 Å². The van der Waals surface area contributed by atoms with Gasteiger partial charge in [-0.25, -0.2) is 13.4 Å². The van der Waals surface area contributed by atoms with Gasteiger partial charge in [-0.3, -0.25) is 4.79 Å². The van der Waals surface area contributed by atoms with Crippen LogP contribution < -0.4 is 5.32 Å². The van der Waals surface area contributed by atoms with E-state index >= 15 is 0 Å². The Morgan fingerprint density at radius 1 is 1.57 bits per heavy atom. The second-order valence-electron chi connectivity index (χ2n) is 5.70. The predicted molar refractivity (Wildman–Crippen MR) is 80.8 cm³/mol. The van der Waals surface area contributed by atoms with E-state index in [1.807, 2.05) is 17.7 Å². The molecular weight excluding hydrogens is 290 g/mol. The molecule has 0 aromatic carbocycles. The van der Waals surface area contributed by atoms with Gasteiger partial charge in [-0.05, 0) is 26.7 Å². The summed E-state index contributed by atoms with van der Waals surface area (Å²) < 4.78 is 25.9. The molecule has 1 N–H and O–H groups in total. The number of nitrogens with zero attached hydrogens (tertiary/aromatic N) is 2. The van der Waals surface area contributed by atoms with E-state index in [9.17, 15) is 13.2 Å². The van der Waals surface area contributed by atoms with Crippen LogP contribution in [0, 0.1) is 6.92 Å². The molecule has 2 heterocycles. The van der Waals surface area contributed by atoms with Crippen molar-refractivity contribution in [3.8, 4) is 0 Å². The number of imidazole rings is 1. The average molecular weight is 313 g/mol. The van der Waals surface area contributed by atoms with E-state index in [0.29, 0.717) is 13.0 Å². The molecule has 2 rings (SSSR count). The molecule has 1 aromatic heterocycles.